The third-order valence-corrected chi connectivity index (χ3v) is 5.90. The fourth-order valence-electron chi connectivity index (χ4n) is 3.26. The standard InChI is InChI=1S/C19H27N3O2S/c1-14(2)16-5-3-15(4-6-16)11-18(23)21-7-9-22(10-8-21)19(24)17-12-25-13-20-17/h3-6,14,17,20H,7-13H2,1-2H3. The molecule has 0 aromatic heterocycles. The van der Waals surface area contributed by atoms with Crippen molar-refractivity contribution in [1.82, 2.24) is 15.1 Å². The highest BCUT2D eigenvalue weighted by atomic mass is 32.2. The second-order valence-electron chi connectivity index (χ2n) is 7.05. The van der Waals surface area contributed by atoms with Crippen molar-refractivity contribution in [2.24, 2.45) is 0 Å². The number of hydrogen-bond donors (Lipinski definition) is 1. The summed E-state index contributed by atoms with van der Waals surface area (Å²) < 4.78 is 0. The highest BCUT2D eigenvalue weighted by molar-refractivity contribution is 7.99. The van der Waals surface area contributed by atoms with Crippen LogP contribution in [0.25, 0.3) is 0 Å². The summed E-state index contributed by atoms with van der Waals surface area (Å²) >= 11 is 1.76. The number of hydrogen-bond acceptors (Lipinski definition) is 4. The zero-order chi connectivity index (χ0) is 17.8. The Hall–Kier alpha value is -1.53. The monoisotopic (exact) mass is 361 g/mol. The van der Waals surface area contributed by atoms with Gasteiger partial charge in [-0.3, -0.25) is 14.9 Å². The van der Waals surface area contributed by atoms with Crippen LogP contribution in [-0.2, 0) is 16.0 Å². The number of piperazine rings is 1. The molecule has 25 heavy (non-hydrogen) atoms. The fourth-order valence-corrected chi connectivity index (χ4v) is 4.19. The molecule has 2 heterocycles. The topological polar surface area (TPSA) is 52.7 Å². The Balaban J connectivity index is 1.48. The Bertz CT molecular complexity index is 604. The highest BCUT2D eigenvalue weighted by Gasteiger charge is 2.30. The van der Waals surface area contributed by atoms with Gasteiger partial charge in [0.1, 0.15) is 0 Å². The Morgan fingerprint density at radius 3 is 2.32 bits per heavy atom. The van der Waals surface area contributed by atoms with Crippen molar-refractivity contribution in [3.63, 3.8) is 0 Å². The largest absolute Gasteiger partial charge is 0.339 e. The minimum atomic E-state index is -0.0493. The van der Waals surface area contributed by atoms with Gasteiger partial charge in [-0.05, 0) is 17.0 Å². The molecule has 0 aliphatic carbocycles. The average molecular weight is 362 g/mol. The smallest absolute Gasteiger partial charge is 0.240 e. The van der Waals surface area contributed by atoms with Crippen molar-refractivity contribution in [3.8, 4) is 0 Å². The summed E-state index contributed by atoms with van der Waals surface area (Å²) in [5.74, 6) is 2.54. The van der Waals surface area contributed by atoms with Gasteiger partial charge in [0.2, 0.25) is 11.8 Å². The molecular weight excluding hydrogens is 334 g/mol. The van der Waals surface area contributed by atoms with Gasteiger partial charge in [0.15, 0.2) is 0 Å². The number of rotatable bonds is 4. The molecule has 2 amide bonds. The summed E-state index contributed by atoms with van der Waals surface area (Å²) in [5.41, 5.74) is 2.35. The third-order valence-electron chi connectivity index (χ3n) is 4.96. The molecule has 136 valence electrons. The van der Waals surface area contributed by atoms with Crippen molar-refractivity contribution in [1.29, 1.82) is 0 Å². The minimum Gasteiger partial charge on any atom is -0.339 e. The second kappa shape index (κ2) is 8.23. The number of carbonyl (C=O) groups excluding carboxylic acids is 2. The zero-order valence-corrected chi connectivity index (χ0v) is 15.8. The molecule has 2 saturated heterocycles. The van der Waals surface area contributed by atoms with Crippen LogP contribution in [0.5, 0.6) is 0 Å². The molecule has 3 rings (SSSR count). The van der Waals surface area contributed by atoms with Crippen LogP contribution in [0.3, 0.4) is 0 Å². The molecule has 1 aromatic carbocycles. The third kappa shape index (κ3) is 4.55. The van der Waals surface area contributed by atoms with E-state index in [4.69, 9.17) is 0 Å². The molecule has 2 aliphatic heterocycles. The van der Waals surface area contributed by atoms with Crippen LogP contribution < -0.4 is 5.32 Å². The molecule has 0 saturated carbocycles. The molecule has 1 N–H and O–H groups in total. The van der Waals surface area contributed by atoms with Gasteiger partial charge in [-0.25, -0.2) is 0 Å². The summed E-state index contributed by atoms with van der Waals surface area (Å²) in [5, 5.41) is 3.22. The van der Waals surface area contributed by atoms with E-state index in [1.807, 2.05) is 9.80 Å². The molecule has 1 aromatic rings. The molecule has 1 unspecified atom stereocenters. The van der Waals surface area contributed by atoms with E-state index in [2.05, 4.69) is 43.4 Å². The summed E-state index contributed by atoms with van der Waals surface area (Å²) in [6, 6.07) is 8.27. The van der Waals surface area contributed by atoms with Gasteiger partial charge < -0.3 is 9.80 Å². The van der Waals surface area contributed by atoms with E-state index in [0.717, 1.165) is 17.2 Å². The second-order valence-corrected chi connectivity index (χ2v) is 8.08. The van der Waals surface area contributed by atoms with E-state index in [0.29, 0.717) is 38.5 Å². The van der Waals surface area contributed by atoms with Crippen LogP contribution in [-0.4, -0.2) is 65.5 Å². The molecule has 5 nitrogen and oxygen atoms in total. The van der Waals surface area contributed by atoms with E-state index >= 15 is 0 Å². The predicted molar refractivity (Wildman–Crippen MR) is 102 cm³/mol. The van der Waals surface area contributed by atoms with Gasteiger partial charge in [0.05, 0.1) is 12.5 Å². The number of nitrogens with one attached hydrogen (secondary N) is 1. The number of amides is 2. The van der Waals surface area contributed by atoms with Crippen molar-refractivity contribution >= 4 is 23.6 Å². The predicted octanol–water partition coefficient (Wildman–Crippen LogP) is 1.69. The fraction of sp³-hybridized carbons (Fsp3) is 0.579. The number of thioether (sulfide) groups is 1. The Labute approximate surface area is 154 Å². The molecule has 6 heteroatoms. The minimum absolute atomic E-state index is 0.0493. The molecule has 0 spiro atoms. The van der Waals surface area contributed by atoms with Gasteiger partial charge in [0.25, 0.3) is 0 Å². The maximum Gasteiger partial charge on any atom is 0.240 e. The summed E-state index contributed by atoms with van der Waals surface area (Å²) in [6.07, 6.45) is 0.438. The van der Waals surface area contributed by atoms with Gasteiger partial charge in [-0.2, -0.15) is 0 Å². The first-order chi connectivity index (χ1) is 12.0. The molecule has 2 fully saturated rings. The first kappa shape index (κ1) is 18.3. The Kier molecular flexibility index (Phi) is 6.02. The SMILES string of the molecule is CC(C)c1ccc(CC(=O)N2CCN(C(=O)C3CSCN3)CC2)cc1. The van der Waals surface area contributed by atoms with Gasteiger partial charge in [-0.1, -0.05) is 38.1 Å². The van der Waals surface area contributed by atoms with E-state index < -0.39 is 0 Å². The summed E-state index contributed by atoms with van der Waals surface area (Å²) in [7, 11) is 0. The van der Waals surface area contributed by atoms with Gasteiger partial charge >= 0.3 is 0 Å². The highest BCUT2D eigenvalue weighted by Crippen LogP contribution is 2.16. The zero-order valence-electron chi connectivity index (χ0n) is 15.0. The lowest BCUT2D eigenvalue weighted by atomic mass is 10.0. The van der Waals surface area contributed by atoms with Crippen LogP contribution >= 0.6 is 11.8 Å². The number of nitrogens with zero attached hydrogens (tertiary/aromatic N) is 2. The molecule has 1 atom stereocenters. The molecule has 2 aliphatic rings. The van der Waals surface area contributed by atoms with Crippen LogP contribution in [0, 0.1) is 0 Å². The first-order valence-corrected chi connectivity index (χ1v) is 10.2. The van der Waals surface area contributed by atoms with E-state index in [1.165, 1.54) is 5.56 Å². The summed E-state index contributed by atoms with van der Waals surface area (Å²) in [4.78, 5) is 28.7. The summed E-state index contributed by atoms with van der Waals surface area (Å²) in [6.45, 7) is 6.88. The lowest BCUT2D eigenvalue weighted by molar-refractivity contribution is -0.140. The van der Waals surface area contributed by atoms with Crippen molar-refractivity contribution < 1.29 is 9.59 Å². The van der Waals surface area contributed by atoms with Crippen LogP contribution in [0.1, 0.15) is 30.9 Å². The van der Waals surface area contributed by atoms with Crippen LogP contribution in [0.15, 0.2) is 24.3 Å². The lowest BCUT2D eigenvalue weighted by Gasteiger charge is -2.36. The maximum absolute atomic E-state index is 12.5. The Morgan fingerprint density at radius 2 is 1.76 bits per heavy atom. The van der Waals surface area contributed by atoms with E-state index in [1.54, 1.807) is 11.8 Å². The van der Waals surface area contributed by atoms with Crippen molar-refractivity contribution in [2.75, 3.05) is 37.8 Å². The molecule has 0 bridgehead atoms. The normalized spacial score (nSPS) is 21.0. The van der Waals surface area contributed by atoms with Gasteiger partial charge in [-0.15, -0.1) is 11.8 Å². The lowest BCUT2D eigenvalue weighted by Crippen LogP contribution is -2.54. The first-order valence-electron chi connectivity index (χ1n) is 9.01. The van der Waals surface area contributed by atoms with Gasteiger partial charge in [0, 0.05) is 37.8 Å². The Morgan fingerprint density at radius 1 is 1.12 bits per heavy atom. The van der Waals surface area contributed by atoms with Crippen LogP contribution in [0.4, 0.5) is 0 Å². The maximum atomic E-state index is 12.5. The van der Waals surface area contributed by atoms with Crippen LogP contribution in [0.2, 0.25) is 0 Å². The average Bonchev–Trinajstić information content (AvgIpc) is 3.16. The quantitative estimate of drug-likeness (QED) is 0.887. The van der Waals surface area contributed by atoms with E-state index in [9.17, 15) is 9.59 Å². The van der Waals surface area contributed by atoms with Crippen molar-refractivity contribution in [2.45, 2.75) is 32.2 Å². The van der Waals surface area contributed by atoms with E-state index in [-0.39, 0.29) is 17.9 Å². The van der Waals surface area contributed by atoms with Crippen molar-refractivity contribution in [3.05, 3.63) is 35.4 Å². The molecular formula is C19H27N3O2S. The number of benzene rings is 1. The number of carbonyl (C=O) groups is 2. The molecule has 0 radical (unpaired) electrons.